The summed E-state index contributed by atoms with van der Waals surface area (Å²) in [5.74, 6) is -0.443. The van der Waals surface area contributed by atoms with Crippen LogP contribution in [0.15, 0.2) is 36.9 Å². The molecule has 3 heterocycles. The van der Waals surface area contributed by atoms with Crippen LogP contribution in [0.1, 0.15) is 24.2 Å². The number of aromatic nitrogens is 3. The Kier molecular flexibility index (Phi) is 6.99. The molecule has 3 aromatic heterocycles. The van der Waals surface area contributed by atoms with Crippen molar-refractivity contribution < 1.29 is 23.1 Å². The number of hydrogen-bond donors (Lipinski definition) is 5. The van der Waals surface area contributed by atoms with Gasteiger partial charge in [0.05, 0.1) is 23.8 Å². The van der Waals surface area contributed by atoms with Gasteiger partial charge >= 0.3 is 6.18 Å². The highest BCUT2D eigenvalue weighted by Crippen LogP contribution is 2.30. The van der Waals surface area contributed by atoms with Gasteiger partial charge in [-0.3, -0.25) is 15.1 Å². The summed E-state index contributed by atoms with van der Waals surface area (Å²) in [5.41, 5.74) is 2.99. The lowest BCUT2D eigenvalue weighted by molar-refractivity contribution is -0.132. The van der Waals surface area contributed by atoms with E-state index in [4.69, 9.17) is 0 Å². The van der Waals surface area contributed by atoms with E-state index in [9.17, 15) is 23.1 Å². The molecular weight excluding hydrogens is 425 g/mol. The predicted octanol–water partition coefficient (Wildman–Crippen LogP) is 2.89. The maximum absolute atomic E-state index is 12.5. The average Bonchev–Trinajstić information content (AvgIpc) is 3.18. The van der Waals surface area contributed by atoms with Crippen molar-refractivity contribution >= 4 is 22.6 Å². The van der Waals surface area contributed by atoms with E-state index in [2.05, 4.69) is 30.9 Å². The summed E-state index contributed by atoms with van der Waals surface area (Å²) >= 11 is 0. The summed E-state index contributed by atoms with van der Waals surface area (Å²) in [6.07, 6.45) is 0.515. The Balaban J connectivity index is 1.87. The first kappa shape index (κ1) is 23.5. The van der Waals surface area contributed by atoms with Crippen molar-refractivity contribution in [3.05, 3.63) is 42.5 Å². The van der Waals surface area contributed by atoms with Crippen molar-refractivity contribution in [3.8, 4) is 11.1 Å². The Morgan fingerprint density at radius 3 is 2.62 bits per heavy atom. The number of aliphatic hydroxyl groups is 1. The highest BCUT2D eigenvalue weighted by Gasteiger charge is 2.31. The summed E-state index contributed by atoms with van der Waals surface area (Å²) in [6, 6.07) is 2.79. The number of carbonyl (C=O) groups excluding carboxylic acids is 1. The zero-order valence-electron chi connectivity index (χ0n) is 17.8. The van der Waals surface area contributed by atoms with Gasteiger partial charge in [0.15, 0.2) is 0 Å². The first-order valence-corrected chi connectivity index (χ1v) is 9.98. The molecule has 32 heavy (non-hydrogen) atoms. The Morgan fingerprint density at radius 2 is 1.97 bits per heavy atom. The van der Waals surface area contributed by atoms with Gasteiger partial charge in [-0.25, -0.2) is 4.98 Å². The molecule has 0 aliphatic heterocycles. The van der Waals surface area contributed by atoms with Crippen molar-refractivity contribution in [2.24, 2.45) is 5.92 Å². The third-order valence-corrected chi connectivity index (χ3v) is 4.97. The van der Waals surface area contributed by atoms with Crippen LogP contribution in [0.4, 0.5) is 18.9 Å². The van der Waals surface area contributed by atoms with E-state index in [1.54, 1.807) is 38.4 Å². The second kappa shape index (κ2) is 9.53. The lowest BCUT2D eigenvalue weighted by Gasteiger charge is -2.29. The Morgan fingerprint density at radius 1 is 1.22 bits per heavy atom. The van der Waals surface area contributed by atoms with E-state index in [0.29, 0.717) is 22.5 Å². The fourth-order valence-corrected chi connectivity index (χ4v) is 3.33. The number of aromatic amines is 1. The van der Waals surface area contributed by atoms with Crippen LogP contribution in [0.5, 0.6) is 0 Å². The minimum absolute atomic E-state index is 0.179. The maximum atomic E-state index is 12.5. The van der Waals surface area contributed by atoms with Gasteiger partial charge in [-0.1, -0.05) is 13.8 Å². The molecule has 3 aromatic rings. The number of amides is 1. The summed E-state index contributed by atoms with van der Waals surface area (Å²) in [6.45, 7) is 2.28. The number of alkyl halides is 3. The van der Waals surface area contributed by atoms with Crippen LogP contribution >= 0.6 is 0 Å². The molecule has 0 bridgehead atoms. The molecule has 0 fully saturated rings. The zero-order valence-corrected chi connectivity index (χ0v) is 17.8. The number of anilines is 1. The van der Waals surface area contributed by atoms with Crippen molar-refractivity contribution in [3.63, 3.8) is 0 Å². The molecule has 0 aliphatic rings. The van der Waals surface area contributed by atoms with Gasteiger partial charge in [-0.2, -0.15) is 13.2 Å². The minimum Gasteiger partial charge on any atom is -0.377 e. The summed E-state index contributed by atoms with van der Waals surface area (Å²) in [5, 5.41) is 18.7. The van der Waals surface area contributed by atoms with Crippen LogP contribution in [-0.2, 0) is 0 Å². The van der Waals surface area contributed by atoms with Gasteiger partial charge < -0.3 is 20.7 Å². The molecule has 11 heteroatoms. The third kappa shape index (κ3) is 5.54. The maximum Gasteiger partial charge on any atom is 0.401 e. The third-order valence-electron chi connectivity index (χ3n) is 4.97. The van der Waals surface area contributed by atoms with Crippen LogP contribution in [0.2, 0.25) is 0 Å². The summed E-state index contributed by atoms with van der Waals surface area (Å²) < 4.78 is 37.5. The SMILES string of the molecule is CNC(=O)c1cnc2[nH]cc(-c3cncc(N[C@H](C(C)C)C(O)NCC(F)(F)F)c3)c2c1. The van der Waals surface area contributed by atoms with E-state index in [1.165, 1.54) is 19.4 Å². The number of carbonyl (C=O) groups is 1. The first-order chi connectivity index (χ1) is 15.1. The molecule has 0 saturated heterocycles. The smallest absolute Gasteiger partial charge is 0.377 e. The van der Waals surface area contributed by atoms with Gasteiger partial charge in [-0.05, 0) is 18.1 Å². The molecule has 172 valence electrons. The number of fused-ring (bicyclic) bond motifs is 1. The molecule has 0 aliphatic carbocycles. The van der Waals surface area contributed by atoms with Gasteiger partial charge in [-0.15, -0.1) is 0 Å². The number of nitrogens with one attached hydrogen (secondary N) is 4. The highest BCUT2D eigenvalue weighted by molar-refractivity contribution is 6.01. The van der Waals surface area contributed by atoms with Gasteiger partial charge in [0.2, 0.25) is 0 Å². The molecule has 8 nitrogen and oxygen atoms in total. The van der Waals surface area contributed by atoms with Crippen molar-refractivity contribution in [1.82, 2.24) is 25.6 Å². The number of hydrogen-bond acceptors (Lipinski definition) is 6. The van der Waals surface area contributed by atoms with E-state index < -0.39 is 25.0 Å². The number of nitrogens with zero attached hydrogens (tertiary/aromatic N) is 2. The Bertz CT molecular complexity index is 1080. The molecular formula is C21H25F3N6O2. The van der Waals surface area contributed by atoms with Gasteiger partial charge in [0.25, 0.3) is 5.91 Å². The number of aliphatic hydroxyl groups excluding tert-OH is 1. The molecule has 0 radical (unpaired) electrons. The number of halogens is 3. The molecule has 5 N–H and O–H groups in total. The second-order valence-corrected chi connectivity index (χ2v) is 7.72. The van der Waals surface area contributed by atoms with E-state index in [1.807, 2.05) is 0 Å². The predicted molar refractivity (Wildman–Crippen MR) is 115 cm³/mol. The molecule has 0 aromatic carbocycles. The van der Waals surface area contributed by atoms with Crippen LogP contribution in [0.3, 0.4) is 0 Å². The average molecular weight is 450 g/mol. The number of rotatable bonds is 8. The van der Waals surface area contributed by atoms with Crippen LogP contribution in [0, 0.1) is 5.92 Å². The van der Waals surface area contributed by atoms with Gasteiger partial charge in [0, 0.05) is 48.3 Å². The molecule has 0 saturated carbocycles. The Hall–Kier alpha value is -3.18. The number of H-pyrrole nitrogens is 1. The lowest BCUT2D eigenvalue weighted by atomic mass is 10.0. The van der Waals surface area contributed by atoms with E-state index >= 15 is 0 Å². The normalized spacial score (nSPS) is 13.9. The highest BCUT2D eigenvalue weighted by atomic mass is 19.4. The molecule has 0 spiro atoms. The van der Waals surface area contributed by atoms with Crippen molar-refractivity contribution in [2.75, 3.05) is 18.9 Å². The second-order valence-electron chi connectivity index (χ2n) is 7.72. The van der Waals surface area contributed by atoms with E-state index in [-0.39, 0.29) is 11.8 Å². The molecule has 2 atom stereocenters. The van der Waals surface area contributed by atoms with Crippen LogP contribution < -0.4 is 16.0 Å². The fraction of sp³-hybridized carbons (Fsp3) is 0.381. The lowest BCUT2D eigenvalue weighted by Crippen LogP contribution is -2.49. The van der Waals surface area contributed by atoms with Crippen LogP contribution in [0.25, 0.3) is 22.2 Å². The van der Waals surface area contributed by atoms with Crippen molar-refractivity contribution in [1.29, 1.82) is 0 Å². The van der Waals surface area contributed by atoms with Crippen LogP contribution in [-0.4, -0.2) is 58.0 Å². The molecule has 1 amide bonds. The van der Waals surface area contributed by atoms with Gasteiger partial charge in [0.1, 0.15) is 11.9 Å². The topological polar surface area (TPSA) is 115 Å². The minimum atomic E-state index is -4.43. The monoisotopic (exact) mass is 450 g/mol. The first-order valence-electron chi connectivity index (χ1n) is 9.98. The fourth-order valence-electron chi connectivity index (χ4n) is 3.33. The zero-order chi connectivity index (χ0) is 23.5. The summed E-state index contributed by atoms with van der Waals surface area (Å²) in [7, 11) is 1.53. The molecule has 1 unspecified atom stereocenters. The van der Waals surface area contributed by atoms with Crippen molar-refractivity contribution in [2.45, 2.75) is 32.3 Å². The quantitative estimate of drug-likeness (QED) is 0.337. The largest absolute Gasteiger partial charge is 0.401 e. The van der Waals surface area contributed by atoms with E-state index in [0.717, 1.165) is 10.9 Å². The Labute approximate surface area is 182 Å². The number of pyridine rings is 2. The molecule has 3 rings (SSSR count). The standard InChI is InChI=1S/C21H25F3N6O2/c1-11(2)17(20(32)29-10-21(22,23)24)30-14-4-12(6-26-8-14)16-9-28-18-15(16)5-13(7-27-18)19(31)25-3/h4-9,11,17,20,29-30,32H,10H2,1-3H3,(H,25,31)(H,27,28)/t17-,20?/m1/s1. The summed E-state index contributed by atoms with van der Waals surface area (Å²) in [4.78, 5) is 23.5.